The molecule has 0 saturated carbocycles. The first kappa shape index (κ1) is 14.2. The van der Waals surface area contributed by atoms with Crippen LogP contribution in [0.4, 0.5) is 11.4 Å². The van der Waals surface area contributed by atoms with Crippen LogP contribution in [0, 0.1) is 0 Å². The third-order valence-corrected chi connectivity index (χ3v) is 3.95. The van der Waals surface area contributed by atoms with E-state index < -0.39 is 0 Å². The van der Waals surface area contributed by atoms with Crippen LogP contribution in [-0.4, -0.2) is 5.91 Å². The number of nitrogens with two attached hydrogens (primary N) is 1. The molecule has 1 amide bonds. The van der Waals surface area contributed by atoms with Crippen LogP contribution in [0.5, 0.6) is 0 Å². The van der Waals surface area contributed by atoms with Gasteiger partial charge in [-0.1, -0.05) is 35.3 Å². The van der Waals surface area contributed by atoms with Gasteiger partial charge < -0.3 is 11.1 Å². The van der Waals surface area contributed by atoms with Crippen LogP contribution in [0.25, 0.3) is 0 Å². The highest BCUT2D eigenvalue weighted by Crippen LogP contribution is 2.30. The number of carbonyl (C=O) groups excluding carboxylic acids is 1. The van der Waals surface area contributed by atoms with Gasteiger partial charge in [-0.3, -0.25) is 4.79 Å². The predicted molar refractivity (Wildman–Crippen MR) is 83.0 cm³/mol. The lowest BCUT2D eigenvalue weighted by atomic mass is 10.2. The van der Waals surface area contributed by atoms with Crippen LogP contribution in [0.3, 0.4) is 0 Å². The smallest absolute Gasteiger partial charge is 0.255 e. The van der Waals surface area contributed by atoms with E-state index in [9.17, 15) is 4.79 Å². The molecule has 0 bridgehead atoms. The van der Waals surface area contributed by atoms with Crippen LogP contribution >= 0.6 is 39.1 Å². The van der Waals surface area contributed by atoms with Gasteiger partial charge in [-0.15, -0.1) is 0 Å². The third kappa shape index (κ3) is 3.21. The Bertz CT molecular complexity index is 623. The lowest BCUT2D eigenvalue weighted by Gasteiger charge is -2.09. The molecule has 19 heavy (non-hydrogen) atoms. The topological polar surface area (TPSA) is 55.1 Å². The van der Waals surface area contributed by atoms with Gasteiger partial charge in [-0.05, 0) is 40.2 Å². The Hall–Kier alpha value is -1.23. The summed E-state index contributed by atoms with van der Waals surface area (Å²) in [5.41, 5.74) is 6.96. The van der Waals surface area contributed by atoms with Crippen molar-refractivity contribution in [3.05, 3.63) is 56.5 Å². The summed E-state index contributed by atoms with van der Waals surface area (Å²) in [6.07, 6.45) is 0. The summed E-state index contributed by atoms with van der Waals surface area (Å²) in [6.45, 7) is 0. The van der Waals surface area contributed by atoms with Gasteiger partial charge in [0.05, 0.1) is 21.4 Å². The van der Waals surface area contributed by atoms with Crippen molar-refractivity contribution in [2.24, 2.45) is 0 Å². The van der Waals surface area contributed by atoms with E-state index in [1.165, 1.54) is 12.1 Å². The van der Waals surface area contributed by atoms with Crippen molar-refractivity contribution in [3.63, 3.8) is 0 Å². The first-order chi connectivity index (χ1) is 8.99. The number of hydrogen-bond acceptors (Lipinski definition) is 2. The number of nitrogen functional groups attached to an aromatic ring is 1. The SMILES string of the molecule is Nc1cc(C(=O)Nc2ccccc2Br)cc(Cl)c1Cl. The molecule has 2 aromatic rings. The molecule has 0 heterocycles. The minimum atomic E-state index is -0.308. The zero-order chi connectivity index (χ0) is 14.0. The van der Waals surface area contributed by atoms with E-state index in [4.69, 9.17) is 28.9 Å². The van der Waals surface area contributed by atoms with E-state index in [0.717, 1.165) is 4.47 Å². The molecule has 0 aliphatic rings. The van der Waals surface area contributed by atoms with Crippen molar-refractivity contribution in [2.45, 2.75) is 0 Å². The first-order valence-electron chi connectivity index (χ1n) is 5.29. The summed E-state index contributed by atoms with van der Waals surface area (Å²) in [7, 11) is 0. The van der Waals surface area contributed by atoms with Crippen molar-refractivity contribution < 1.29 is 4.79 Å². The average molecular weight is 360 g/mol. The van der Waals surface area contributed by atoms with Crippen molar-refractivity contribution in [2.75, 3.05) is 11.1 Å². The summed E-state index contributed by atoms with van der Waals surface area (Å²) >= 11 is 15.1. The molecule has 0 unspecified atom stereocenters. The number of anilines is 2. The Morgan fingerprint density at radius 3 is 2.53 bits per heavy atom. The monoisotopic (exact) mass is 358 g/mol. The van der Waals surface area contributed by atoms with Crippen LogP contribution in [0.2, 0.25) is 10.0 Å². The molecule has 2 rings (SSSR count). The number of para-hydroxylation sites is 1. The number of rotatable bonds is 2. The summed E-state index contributed by atoms with van der Waals surface area (Å²) in [5, 5.41) is 3.26. The molecule has 0 radical (unpaired) electrons. The first-order valence-corrected chi connectivity index (χ1v) is 6.84. The van der Waals surface area contributed by atoms with Crippen LogP contribution < -0.4 is 11.1 Å². The molecule has 0 fully saturated rings. The van der Waals surface area contributed by atoms with Crippen LogP contribution in [-0.2, 0) is 0 Å². The third-order valence-electron chi connectivity index (χ3n) is 2.44. The highest BCUT2D eigenvalue weighted by atomic mass is 79.9. The minimum Gasteiger partial charge on any atom is -0.397 e. The zero-order valence-corrected chi connectivity index (χ0v) is 12.7. The van der Waals surface area contributed by atoms with Crippen molar-refractivity contribution >= 4 is 56.4 Å². The molecule has 2 aromatic carbocycles. The second-order valence-corrected chi connectivity index (χ2v) is 5.43. The maximum atomic E-state index is 12.1. The van der Waals surface area contributed by atoms with Gasteiger partial charge in [-0.2, -0.15) is 0 Å². The molecule has 0 aromatic heterocycles. The van der Waals surface area contributed by atoms with E-state index in [1.807, 2.05) is 18.2 Å². The fourth-order valence-electron chi connectivity index (χ4n) is 1.50. The molecule has 3 nitrogen and oxygen atoms in total. The molecule has 0 aliphatic carbocycles. The van der Waals surface area contributed by atoms with E-state index in [0.29, 0.717) is 11.3 Å². The number of hydrogen-bond donors (Lipinski definition) is 2. The van der Waals surface area contributed by atoms with Gasteiger partial charge in [0.25, 0.3) is 5.91 Å². The summed E-state index contributed by atoms with van der Waals surface area (Å²) in [4.78, 5) is 12.1. The molecule has 98 valence electrons. The van der Waals surface area contributed by atoms with Crippen LogP contribution in [0.1, 0.15) is 10.4 Å². The quantitative estimate of drug-likeness (QED) is 0.770. The van der Waals surface area contributed by atoms with E-state index in [2.05, 4.69) is 21.2 Å². The lowest BCUT2D eigenvalue weighted by molar-refractivity contribution is 0.102. The zero-order valence-electron chi connectivity index (χ0n) is 9.58. The van der Waals surface area contributed by atoms with Gasteiger partial charge in [0.15, 0.2) is 0 Å². The van der Waals surface area contributed by atoms with Crippen molar-refractivity contribution in [3.8, 4) is 0 Å². The molecular weight excluding hydrogens is 351 g/mol. The number of benzene rings is 2. The number of halogens is 3. The van der Waals surface area contributed by atoms with Gasteiger partial charge in [0.1, 0.15) is 0 Å². The average Bonchev–Trinajstić information content (AvgIpc) is 2.38. The number of nitrogens with one attached hydrogen (secondary N) is 1. The van der Waals surface area contributed by atoms with Gasteiger partial charge in [-0.25, -0.2) is 0 Å². The Morgan fingerprint density at radius 1 is 1.21 bits per heavy atom. The van der Waals surface area contributed by atoms with Gasteiger partial charge in [0, 0.05) is 10.0 Å². The Balaban J connectivity index is 2.28. The molecule has 0 saturated heterocycles. The molecule has 0 spiro atoms. The Morgan fingerprint density at radius 2 is 1.89 bits per heavy atom. The second kappa shape index (κ2) is 5.82. The van der Waals surface area contributed by atoms with E-state index >= 15 is 0 Å². The standard InChI is InChI=1S/C13H9BrCl2N2O/c14-8-3-1-2-4-11(8)18-13(19)7-5-9(15)12(16)10(17)6-7/h1-6H,17H2,(H,18,19). The maximum absolute atomic E-state index is 12.1. The Labute approximate surface area is 128 Å². The highest BCUT2D eigenvalue weighted by molar-refractivity contribution is 9.10. The highest BCUT2D eigenvalue weighted by Gasteiger charge is 2.12. The fourth-order valence-corrected chi connectivity index (χ4v) is 2.22. The predicted octanol–water partition coefficient (Wildman–Crippen LogP) is 4.59. The molecule has 6 heteroatoms. The number of amides is 1. The molecule has 3 N–H and O–H groups in total. The van der Waals surface area contributed by atoms with Crippen molar-refractivity contribution in [1.29, 1.82) is 0 Å². The second-order valence-electron chi connectivity index (χ2n) is 3.80. The summed E-state index contributed by atoms with van der Waals surface area (Å²) in [5.74, 6) is -0.308. The molecular formula is C13H9BrCl2N2O. The molecule has 0 atom stereocenters. The van der Waals surface area contributed by atoms with Gasteiger partial charge >= 0.3 is 0 Å². The van der Waals surface area contributed by atoms with E-state index in [1.54, 1.807) is 6.07 Å². The summed E-state index contributed by atoms with van der Waals surface area (Å²) in [6, 6.07) is 10.3. The normalized spacial score (nSPS) is 10.3. The van der Waals surface area contributed by atoms with Crippen molar-refractivity contribution in [1.82, 2.24) is 0 Å². The summed E-state index contributed by atoms with van der Waals surface area (Å²) < 4.78 is 0.788. The number of carbonyl (C=O) groups is 1. The Kier molecular flexibility index (Phi) is 4.34. The largest absolute Gasteiger partial charge is 0.397 e. The minimum absolute atomic E-state index is 0.249. The van der Waals surface area contributed by atoms with Gasteiger partial charge in [0.2, 0.25) is 0 Å². The lowest BCUT2D eigenvalue weighted by Crippen LogP contribution is -2.12. The maximum Gasteiger partial charge on any atom is 0.255 e. The van der Waals surface area contributed by atoms with E-state index in [-0.39, 0.29) is 21.6 Å². The van der Waals surface area contributed by atoms with Crippen LogP contribution in [0.15, 0.2) is 40.9 Å². The molecule has 0 aliphatic heterocycles. The fraction of sp³-hybridized carbons (Fsp3) is 0.